The van der Waals surface area contributed by atoms with E-state index in [9.17, 15) is 0 Å². The van der Waals surface area contributed by atoms with E-state index in [0.717, 1.165) is 21.9 Å². The van der Waals surface area contributed by atoms with E-state index in [4.69, 9.17) is 4.42 Å². The maximum absolute atomic E-state index is 6.59. The molecular weight excluding hydrogens is 641 g/mol. The first-order chi connectivity index (χ1) is 26.3. The highest BCUT2D eigenvalue weighted by molar-refractivity contribution is 6.35. The van der Waals surface area contributed by atoms with Crippen LogP contribution in [0.2, 0.25) is 0 Å². The van der Waals surface area contributed by atoms with Gasteiger partial charge in [-0.2, -0.15) is 0 Å². The second-order valence-corrected chi connectivity index (χ2v) is 14.3. The van der Waals surface area contributed by atoms with Gasteiger partial charge in [-0.15, -0.1) is 0 Å². The van der Waals surface area contributed by atoms with E-state index in [2.05, 4.69) is 182 Å². The molecule has 11 aromatic carbocycles. The first-order valence-electron chi connectivity index (χ1n) is 18.3. The zero-order chi connectivity index (χ0) is 34.6. The second kappa shape index (κ2) is 10.8. The number of fused-ring (bicyclic) bond motifs is 14. The van der Waals surface area contributed by atoms with Gasteiger partial charge in [-0.1, -0.05) is 158 Å². The molecule has 0 saturated heterocycles. The lowest BCUT2D eigenvalue weighted by Gasteiger charge is -2.21. The third kappa shape index (κ3) is 3.97. The van der Waals surface area contributed by atoms with E-state index in [1.165, 1.54) is 97.7 Å². The average Bonchev–Trinajstić information content (AvgIpc) is 3.59. The Morgan fingerprint density at radius 3 is 1.32 bits per heavy atom. The van der Waals surface area contributed by atoms with Crippen LogP contribution < -0.4 is 0 Å². The summed E-state index contributed by atoms with van der Waals surface area (Å²) in [5, 5.41) is 19.9. The van der Waals surface area contributed by atoms with Crippen molar-refractivity contribution in [1.29, 1.82) is 0 Å². The molecule has 1 heterocycles. The Morgan fingerprint density at radius 1 is 0.245 bits per heavy atom. The SMILES string of the molecule is c1ccc2cc3c(cc2c1)oc1cccc(-c2c4ccccc4c(-c4cc5c6ccccc6c6ccccc6c5c5ccccc45)c4ccccc24)c13. The summed E-state index contributed by atoms with van der Waals surface area (Å²) in [6.07, 6.45) is 0. The second-order valence-electron chi connectivity index (χ2n) is 14.3. The predicted molar refractivity (Wildman–Crippen MR) is 227 cm³/mol. The van der Waals surface area contributed by atoms with Crippen molar-refractivity contribution >= 4 is 97.3 Å². The normalized spacial score (nSPS) is 12.2. The van der Waals surface area contributed by atoms with Gasteiger partial charge in [0.15, 0.2) is 0 Å². The van der Waals surface area contributed by atoms with Gasteiger partial charge in [0.05, 0.1) is 0 Å². The number of rotatable bonds is 2. The molecule has 0 N–H and O–H groups in total. The van der Waals surface area contributed by atoms with Gasteiger partial charge in [0.25, 0.3) is 0 Å². The summed E-state index contributed by atoms with van der Waals surface area (Å²) >= 11 is 0. The zero-order valence-electron chi connectivity index (χ0n) is 28.7. The summed E-state index contributed by atoms with van der Waals surface area (Å²) in [4.78, 5) is 0. The van der Waals surface area contributed by atoms with Crippen molar-refractivity contribution in [3.63, 3.8) is 0 Å². The van der Waals surface area contributed by atoms with Crippen molar-refractivity contribution in [3.05, 3.63) is 182 Å². The molecule has 53 heavy (non-hydrogen) atoms. The molecule has 0 aliphatic rings. The van der Waals surface area contributed by atoms with Crippen LogP contribution in [0.4, 0.5) is 0 Å². The lowest BCUT2D eigenvalue weighted by Crippen LogP contribution is -1.93. The van der Waals surface area contributed by atoms with Gasteiger partial charge in [-0.3, -0.25) is 0 Å². The fraction of sp³-hybridized carbons (Fsp3) is 0. The number of furan rings is 1. The van der Waals surface area contributed by atoms with Crippen molar-refractivity contribution < 1.29 is 4.42 Å². The van der Waals surface area contributed by atoms with Crippen molar-refractivity contribution in [2.75, 3.05) is 0 Å². The molecule has 0 fully saturated rings. The summed E-state index contributed by atoms with van der Waals surface area (Å²) < 4.78 is 6.59. The van der Waals surface area contributed by atoms with E-state index in [0.29, 0.717) is 0 Å². The van der Waals surface area contributed by atoms with Crippen LogP contribution in [0.3, 0.4) is 0 Å². The molecular formula is C52H30O. The summed E-state index contributed by atoms with van der Waals surface area (Å²) in [5.41, 5.74) is 6.78. The minimum absolute atomic E-state index is 0.907. The molecule has 12 rings (SSSR count). The predicted octanol–water partition coefficient (Wildman–Crippen LogP) is 15.0. The van der Waals surface area contributed by atoms with Gasteiger partial charge in [0.2, 0.25) is 0 Å². The summed E-state index contributed by atoms with van der Waals surface area (Å²) in [6.45, 7) is 0. The quantitative estimate of drug-likeness (QED) is 0.132. The number of hydrogen-bond donors (Lipinski definition) is 0. The van der Waals surface area contributed by atoms with Crippen molar-refractivity contribution in [2.45, 2.75) is 0 Å². The molecule has 0 radical (unpaired) electrons. The van der Waals surface area contributed by atoms with E-state index < -0.39 is 0 Å². The van der Waals surface area contributed by atoms with Gasteiger partial charge in [-0.25, -0.2) is 0 Å². The highest BCUT2D eigenvalue weighted by Crippen LogP contribution is 2.50. The van der Waals surface area contributed by atoms with E-state index >= 15 is 0 Å². The van der Waals surface area contributed by atoms with E-state index in [1.807, 2.05) is 0 Å². The lowest BCUT2D eigenvalue weighted by atomic mass is 9.82. The molecule has 1 nitrogen and oxygen atoms in total. The molecule has 1 aromatic heterocycles. The van der Waals surface area contributed by atoms with Crippen LogP contribution in [0.15, 0.2) is 186 Å². The maximum atomic E-state index is 6.59. The third-order valence-electron chi connectivity index (χ3n) is 11.6. The van der Waals surface area contributed by atoms with Crippen LogP contribution in [-0.2, 0) is 0 Å². The van der Waals surface area contributed by atoms with E-state index in [1.54, 1.807) is 0 Å². The molecule has 0 aliphatic carbocycles. The summed E-state index contributed by atoms with van der Waals surface area (Å²) in [6, 6.07) is 66.8. The lowest BCUT2D eigenvalue weighted by molar-refractivity contribution is 0.669. The molecule has 0 amide bonds. The Bertz CT molecular complexity index is 3450. The largest absolute Gasteiger partial charge is 0.456 e. The standard InChI is InChI=1S/C52H30O/c1-2-15-32-29-48-46(28-31(32)14-1)52-43(26-13-27-47(52)53-48)49-39-22-9-11-24-41(39)51(42-25-12-10-23-40(42)49)45-30-44-35-18-4-3-16-33(35)34-17-5-7-20-37(34)50(44)38-21-8-6-19-36(38)45/h1-30H. The van der Waals surface area contributed by atoms with Crippen molar-refractivity contribution in [3.8, 4) is 22.3 Å². The van der Waals surface area contributed by atoms with Crippen molar-refractivity contribution in [2.24, 2.45) is 0 Å². The Balaban J connectivity index is 1.25. The smallest absolute Gasteiger partial charge is 0.136 e. The van der Waals surface area contributed by atoms with E-state index in [-0.39, 0.29) is 0 Å². The van der Waals surface area contributed by atoms with Crippen LogP contribution in [0, 0.1) is 0 Å². The average molecular weight is 671 g/mol. The Kier molecular flexibility index (Phi) is 5.84. The topological polar surface area (TPSA) is 13.1 Å². The van der Waals surface area contributed by atoms with Crippen LogP contribution in [0.5, 0.6) is 0 Å². The van der Waals surface area contributed by atoms with Gasteiger partial charge < -0.3 is 4.42 Å². The highest BCUT2D eigenvalue weighted by atomic mass is 16.3. The maximum Gasteiger partial charge on any atom is 0.136 e. The number of benzene rings is 11. The van der Waals surface area contributed by atoms with Gasteiger partial charge in [0.1, 0.15) is 11.2 Å². The van der Waals surface area contributed by atoms with Crippen LogP contribution in [-0.4, -0.2) is 0 Å². The van der Waals surface area contributed by atoms with Crippen molar-refractivity contribution in [1.82, 2.24) is 0 Å². The molecule has 0 saturated carbocycles. The van der Waals surface area contributed by atoms with Crippen LogP contribution in [0.25, 0.3) is 120 Å². The monoisotopic (exact) mass is 670 g/mol. The first kappa shape index (κ1) is 28.7. The zero-order valence-corrected chi connectivity index (χ0v) is 28.7. The minimum atomic E-state index is 0.907. The Labute approximate surface area is 304 Å². The molecule has 0 atom stereocenters. The highest BCUT2D eigenvalue weighted by Gasteiger charge is 2.22. The summed E-state index contributed by atoms with van der Waals surface area (Å²) in [5.74, 6) is 0. The van der Waals surface area contributed by atoms with Crippen LogP contribution >= 0.6 is 0 Å². The fourth-order valence-corrected chi connectivity index (χ4v) is 9.40. The molecule has 12 aromatic rings. The molecule has 0 spiro atoms. The summed E-state index contributed by atoms with van der Waals surface area (Å²) in [7, 11) is 0. The molecule has 0 bridgehead atoms. The van der Waals surface area contributed by atoms with Gasteiger partial charge in [0, 0.05) is 10.8 Å². The van der Waals surface area contributed by atoms with Gasteiger partial charge >= 0.3 is 0 Å². The molecule has 244 valence electrons. The molecule has 1 heteroatoms. The van der Waals surface area contributed by atoms with Crippen LogP contribution in [0.1, 0.15) is 0 Å². The Hall–Kier alpha value is -6.96. The first-order valence-corrected chi connectivity index (χ1v) is 18.3. The Morgan fingerprint density at radius 2 is 0.698 bits per heavy atom. The number of hydrogen-bond acceptors (Lipinski definition) is 1. The minimum Gasteiger partial charge on any atom is -0.456 e. The molecule has 0 aliphatic heterocycles. The fourth-order valence-electron chi connectivity index (χ4n) is 9.40. The molecule has 0 unspecified atom stereocenters. The van der Waals surface area contributed by atoms with Gasteiger partial charge in [-0.05, 0) is 122 Å². The third-order valence-corrected chi connectivity index (χ3v) is 11.6.